The van der Waals surface area contributed by atoms with Crippen molar-refractivity contribution in [3.63, 3.8) is 0 Å². The van der Waals surface area contributed by atoms with Gasteiger partial charge in [-0.05, 0) is 31.4 Å². The molecule has 0 saturated heterocycles. The topological polar surface area (TPSA) is 29.9 Å². The highest BCUT2D eigenvalue weighted by molar-refractivity contribution is 5.24. The fourth-order valence-electron chi connectivity index (χ4n) is 2.20. The lowest BCUT2D eigenvalue weighted by molar-refractivity contribution is 0.549. The molecule has 0 spiro atoms. The molecule has 2 aromatic rings. The van der Waals surface area contributed by atoms with Crippen LogP contribution in [0.3, 0.4) is 0 Å². The highest BCUT2D eigenvalue weighted by atomic mass is 15.1. The van der Waals surface area contributed by atoms with Crippen LogP contribution in [0.25, 0.3) is 0 Å². The number of nitrogens with one attached hydrogen (secondary N) is 1. The molecule has 1 N–H and O–H groups in total. The van der Waals surface area contributed by atoms with Gasteiger partial charge in [0, 0.05) is 25.3 Å². The minimum Gasteiger partial charge on any atom is -0.334 e. The van der Waals surface area contributed by atoms with E-state index in [0.29, 0.717) is 6.04 Å². The van der Waals surface area contributed by atoms with Crippen molar-refractivity contribution in [1.29, 1.82) is 0 Å². The van der Waals surface area contributed by atoms with E-state index in [1.54, 1.807) is 0 Å². The first-order chi connectivity index (χ1) is 9.24. The minimum absolute atomic E-state index is 0.353. The van der Waals surface area contributed by atoms with Gasteiger partial charge in [-0.2, -0.15) is 0 Å². The molecule has 1 heterocycles. The Bertz CT molecular complexity index is 499. The second-order valence-corrected chi connectivity index (χ2v) is 4.87. The van der Waals surface area contributed by atoms with Crippen LogP contribution >= 0.6 is 0 Å². The first-order valence-electron chi connectivity index (χ1n) is 7.05. The van der Waals surface area contributed by atoms with E-state index in [-0.39, 0.29) is 0 Å². The molecule has 19 heavy (non-hydrogen) atoms. The molecule has 0 fully saturated rings. The Morgan fingerprint density at radius 2 is 1.95 bits per heavy atom. The van der Waals surface area contributed by atoms with Crippen LogP contribution < -0.4 is 5.32 Å². The summed E-state index contributed by atoms with van der Waals surface area (Å²) in [6, 6.07) is 9.21. The van der Waals surface area contributed by atoms with E-state index in [1.807, 2.05) is 12.5 Å². The van der Waals surface area contributed by atoms with Crippen molar-refractivity contribution in [1.82, 2.24) is 14.9 Å². The largest absolute Gasteiger partial charge is 0.334 e. The van der Waals surface area contributed by atoms with Gasteiger partial charge in [0.1, 0.15) is 0 Å². The van der Waals surface area contributed by atoms with Gasteiger partial charge in [0.05, 0.1) is 12.0 Å². The lowest BCUT2D eigenvalue weighted by atomic mass is 10.1. The summed E-state index contributed by atoms with van der Waals surface area (Å²) in [5, 5.41) is 3.55. The summed E-state index contributed by atoms with van der Waals surface area (Å²) < 4.78 is 2.17. The maximum absolute atomic E-state index is 4.19. The SMILES string of the molecule is CCc1ccc(C(C)NCc2cncn2CC)cc1. The van der Waals surface area contributed by atoms with Crippen LogP contribution in [0, 0.1) is 0 Å². The average molecular weight is 257 g/mol. The number of aromatic nitrogens is 2. The highest BCUT2D eigenvalue weighted by Gasteiger charge is 2.06. The number of nitrogens with zero attached hydrogens (tertiary/aromatic N) is 2. The molecule has 0 bridgehead atoms. The van der Waals surface area contributed by atoms with E-state index in [0.717, 1.165) is 19.5 Å². The molecule has 1 aromatic carbocycles. The van der Waals surface area contributed by atoms with E-state index in [9.17, 15) is 0 Å². The number of aryl methyl sites for hydroxylation is 2. The normalized spacial score (nSPS) is 12.6. The number of imidazole rings is 1. The third kappa shape index (κ3) is 3.44. The lowest BCUT2D eigenvalue weighted by Gasteiger charge is -2.15. The zero-order chi connectivity index (χ0) is 13.7. The summed E-state index contributed by atoms with van der Waals surface area (Å²) in [6.07, 6.45) is 4.92. The van der Waals surface area contributed by atoms with Crippen LogP contribution in [0.2, 0.25) is 0 Å². The summed E-state index contributed by atoms with van der Waals surface area (Å²) in [5.74, 6) is 0. The third-order valence-corrected chi connectivity index (χ3v) is 3.62. The number of hydrogen-bond acceptors (Lipinski definition) is 2. The van der Waals surface area contributed by atoms with E-state index in [1.165, 1.54) is 16.8 Å². The minimum atomic E-state index is 0.353. The summed E-state index contributed by atoms with van der Waals surface area (Å²) in [7, 11) is 0. The van der Waals surface area contributed by atoms with Gasteiger partial charge in [0.2, 0.25) is 0 Å². The maximum atomic E-state index is 4.19. The second kappa shape index (κ2) is 6.53. The predicted octanol–water partition coefficient (Wildman–Crippen LogP) is 3.32. The molecule has 0 radical (unpaired) electrons. The lowest BCUT2D eigenvalue weighted by Crippen LogP contribution is -2.19. The Balaban J connectivity index is 1.95. The predicted molar refractivity (Wildman–Crippen MR) is 79.0 cm³/mol. The Hall–Kier alpha value is -1.61. The molecule has 3 nitrogen and oxygen atoms in total. The standard InChI is InChI=1S/C16H23N3/c1-4-14-6-8-15(9-7-14)13(3)18-11-16-10-17-12-19(16)5-2/h6-10,12-13,18H,4-5,11H2,1-3H3. The smallest absolute Gasteiger partial charge is 0.0948 e. The van der Waals surface area contributed by atoms with Crippen LogP contribution in [0.5, 0.6) is 0 Å². The summed E-state index contributed by atoms with van der Waals surface area (Å²) in [4.78, 5) is 4.19. The molecule has 1 unspecified atom stereocenters. The summed E-state index contributed by atoms with van der Waals surface area (Å²) >= 11 is 0. The molecule has 0 amide bonds. The Morgan fingerprint density at radius 1 is 1.21 bits per heavy atom. The van der Waals surface area contributed by atoms with Crippen LogP contribution in [0.1, 0.15) is 43.6 Å². The van der Waals surface area contributed by atoms with Gasteiger partial charge in [-0.3, -0.25) is 0 Å². The number of hydrogen-bond donors (Lipinski definition) is 1. The fraction of sp³-hybridized carbons (Fsp3) is 0.438. The van der Waals surface area contributed by atoms with E-state index < -0.39 is 0 Å². The molecule has 102 valence electrons. The van der Waals surface area contributed by atoms with Gasteiger partial charge in [0.15, 0.2) is 0 Å². The van der Waals surface area contributed by atoms with Crippen molar-refractivity contribution in [2.24, 2.45) is 0 Å². The molecule has 0 saturated carbocycles. The van der Waals surface area contributed by atoms with E-state index in [2.05, 4.69) is 59.9 Å². The van der Waals surface area contributed by atoms with Gasteiger partial charge < -0.3 is 9.88 Å². The molecule has 2 rings (SSSR count). The monoisotopic (exact) mass is 257 g/mol. The van der Waals surface area contributed by atoms with Crippen molar-refractivity contribution in [3.8, 4) is 0 Å². The van der Waals surface area contributed by atoms with E-state index >= 15 is 0 Å². The molecular formula is C16H23N3. The molecule has 0 aliphatic carbocycles. The first-order valence-corrected chi connectivity index (χ1v) is 7.05. The number of rotatable bonds is 6. The zero-order valence-electron chi connectivity index (χ0n) is 12.1. The molecular weight excluding hydrogens is 234 g/mol. The van der Waals surface area contributed by atoms with Crippen LogP contribution in [-0.4, -0.2) is 9.55 Å². The summed E-state index contributed by atoms with van der Waals surface area (Å²) in [6.45, 7) is 8.34. The van der Waals surface area contributed by atoms with Gasteiger partial charge in [-0.1, -0.05) is 31.2 Å². The Labute approximate surface area is 115 Å². The first kappa shape index (κ1) is 13.8. The second-order valence-electron chi connectivity index (χ2n) is 4.87. The van der Waals surface area contributed by atoms with Crippen LogP contribution in [0.4, 0.5) is 0 Å². The zero-order valence-corrected chi connectivity index (χ0v) is 12.1. The number of benzene rings is 1. The molecule has 1 aromatic heterocycles. The maximum Gasteiger partial charge on any atom is 0.0948 e. The Kier molecular flexibility index (Phi) is 4.74. The van der Waals surface area contributed by atoms with Gasteiger partial charge in [0.25, 0.3) is 0 Å². The average Bonchev–Trinajstić information content (AvgIpc) is 2.92. The molecule has 0 aliphatic rings. The van der Waals surface area contributed by atoms with Crippen LogP contribution in [-0.2, 0) is 19.5 Å². The van der Waals surface area contributed by atoms with Crippen molar-refractivity contribution >= 4 is 0 Å². The van der Waals surface area contributed by atoms with Crippen molar-refractivity contribution in [2.75, 3.05) is 0 Å². The molecule has 1 atom stereocenters. The van der Waals surface area contributed by atoms with Gasteiger partial charge >= 0.3 is 0 Å². The highest BCUT2D eigenvalue weighted by Crippen LogP contribution is 2.14. The fourth-order valence-corrected chi connectivity index (χ4v) is 2.20. The Morgan fingerprint density at radius 3 is 2.58 bits per heavy atom. The van der Waals surface area contributed by atoms with Crippen molar-refractivity contribution in [2.45, 2.75) is 46.3 Å². The van der Waals surface area contributed by atoms with Crippen molar-refractivity contribution in [3.05, 3.63) is 53.6 Å². The molecule has 3 heteroatoms. The summed E-state index contributed by atoms with van der Waals surface area (Å²) in [5.41, 5.74) is 3.96. The van der Waals surface area contributed by atoms with Gasteiger partial charge in [-0.25, -0.2) is 4.98 Å². The van der Waals surface area contributed by atoms with E-state index in [4.69, 9.17) is 0 Å². The van der Waals surface area contributed by atoms with Gasteiger partial charge in [-0.15, -0.1) is 0 Å². The quantitative estimate of drug-likeness (QED) is 0.860. The molecule has 0 aliphatic heterocycles. The third-order valence-electron chi connectivity index (χ3n) is 3.62. The van der Waals surface area contributed by atoms with Crippen LogP contribution in [0.15, 0.2) is 36.8 Å². The van der Waals surface area contributed by atoms with Crippen molar-refractivity contribution < 1.29 is 0 Å².